The number of anilines is 1. The maximum Gasteiger partial charge on any atom is 0.260 e. The number of hydrogen-bond donors (Lipinski definition) is 1. The Balaban J connectivity index is 1.39. The van der Waals surface area contributed by atoms with Gasteiger partial charge in [0.05, 0.1) is 30.2 Å². The Morgan fingerprint density at radius 2 is 1.79 bits per heavy atom. The zero-order valence-corrected chi connectivity index (χ0v) is 18.0. The van der Waals surface area contributed by atoms with Crippen molar-refractivity contribution in [2.75, 3.05) is 31.6 Å². The van der Waals surface area contributed by atoms with Gasteiger partial charge in [0, 0.05) is 37.6 Å². The number of morpholine rings is 1. The van der Waals surface area contributed by atoms with Gasteiger partial charge in [0.2, 0.25) is 0 Å². The molecule has 0 atom stereocenters. The monoisotopic (exact) mass is 467 g/mol. The molecule has 1 amide bonds. The summed E-state index contributed by atoms with van der Waals surface area (Å²) in [6.45, 7) is 3.67. The molecule has 0 bridgehead atoms. The van der Waals surface area contributed by atoms with Crippen LogP contribution in [0.2, 0.25) is 0 Å². The first-order valence-corrected chi connectivity index (χ1v) is 10.7. The lowest BCUT2D eigenvalue weighted by Crippen LogP contribution is -2.35. The molecule has 4 aromatic rings. The molecule has 4 heterocycles. The van der Waals surface area contributed by atoms with Gasteiger partial charge in [-0.2, -0.15) is 0 Å². The number of amides is 1. The Morgan fingerprint density at radius 3 is 2.56 bits per heavy atom. The molecule has 1 aromatic carbocycles. The largest absolute Gasteiger partial charge is 0.379 e. The van der Waals surface area contributed by atoms with Crippen LogP contribution in [0, 0.1) is 17.5 Å². The van der Waals surface area contributed by atoms with Crippen LogP contribution >= 0.6 is 0 Å². The minimum Gasteiger partial charge on any atom is -0.379 e. The first kappa shape index (κ1) is 22.1. The van der Waals surface area contributed by atoms with Crippen LogP contribution in [0.1, 0.15) is 16.1 Å². The molecule has 1 N–H and O–H groups in total. The Labute approximate surface area is 192 Å². The van der Waals surface area contributed by atoms with Gasteiger partial charge >= 0.3 is 0 Å². The molecule has 10 heteroatoms. The molecule has 34 heavy (non-hydrogen) atoms. The van der Waals surface area contributed by atoms with Crippen molar-refractivity contribution in [3.05, 3.63) is 83.6 Å². The maximum absolute atomic E-state index is 13.7. The molecule has 0 unspecified atom stereocenters. The minimum absolute atomic E-state index is 0.0592. The summed E-state index contributed by atoms with van der Waals surface area (Å²) >= 11 is 0. The second-order valence-electron chi connectivity index (χ2n) is 7.89. The molecular formula is C24H20F3N5O2. The van der Waals surface area contributed by atoms with Gasteiger partial charge in [-0.1, -0.05) is 6.07 Å². The van der Waals surface area contributed by atoms with Crippen LogP contribution < -0.4 is 5.32 Å². The van der Waals surface area contributed by atoms with Gasteiger partial charge in [-0.05, 0) is 36.4 Å². The highest BCUT2D eigenvalue weighted by Gasteiger charge is 2.18. The van der Waals surface area contributed by atoms with E-state index in [0.717, 1.165) is 30.9 Å². The second kappa shape index (κ2) is 9.24. The maximum atomic E-state index is 13.7. The van der Waals surface area contributed by atoms with Crippen molar-refractivity contribution >= 4 is 17.4 Å². The van der Waals surface area contributed by atoms with Gasteiger partial charge in [-0.15, -0.1) is 0 Å². The highest BCUT2D eigenvalue weighted by molar-refractivity contribution is 6.08. The molecule has 1 aliphatic rings. The van der Waals surface area contributed by atoms with Crippen molar-refractivity contribution in [3.63, 3.8) is 0 Å². The van der Waals surface area contributed by atoms with E-state index in [-0.39, 0.29) is 22.5 Å². The number of carbonyl (C=O) groups excluding carboxylic acids is 1. The van der Waals surface area contributed by atoms with Crippen LogP contribution in [-0.2, 0) is 11.3 Å². The number of rotatable bonds is 5. The quantitative estimate of drug-likeness (QED) is 0.451. The number of pyridine rings is 2. The molecule has 5 rings (SSSR count). The number of fused-ring (bicyclic) bond motifs is 1. The number of halogens is 3. The average Bonchev–Trinajstić information content (AvgIpc) is 3.27. The summed E-state index contributed by atoms with van der Waals surface area (Å²) in [4.78, 5) is 24.1. The summed E-state index contributed by atoms with van der Waals surface area (Å²) in [7, 11) is 0. The van der Waals surface area contributed by atoms with Crippen LogP contribution in [-0.4, -0.2) is 51.5 Å². The lowest BCUT2D eigenvalue weighted by Gasteiger charge is -2.26. The Hall–Kier alpha value is -3.76. The van der Waals surface area contributed by atoms with E-state index in [1.165, 1.54) is 6.20 Å². The Morgan fingerprint density at radius 1 is 1.03 bits per heavy atom. The lowest BCUT2D eigenvalue weighted by molar-refractivity contribution is 0.0337. The lowest BCUT2D eigenvalue weighted by atomic mass is 10.1. The molecule has 7 nitrogen and oxygen atoms in total. The smallest absolute Gasteiger partial charge is 0.260 e. The number of nitrogens with zero attached hydrogens (tertiary/aromatic N) is 4. The van der Waals surface area contributed by atoms with Crippen LogP contribution in [0.5, 0.6) is 0 Å². The van der Waals surface area contributed by atoms with E-state index in [2.05, 4.69) is 20.2 Å². The summed E-state index contributed by atoms with van der Waals surface area (Å²) in [6, 6.07) is 10.4. The number of aromatic nitrogens is 3. The number of benzene rings is 1. The third kappa shape index (κ3) is 4.50. The first-order chi connectivity index (χ1) is 16.5. The molecule has 1 saturated heterocycles. The number of hydrogen-bond acceptors (Lipinski definition) is 5. The van der Waals surface area contributed by atoms with Gasteiger partial charge in [0.25, 0.3) is 5.91 Å². The van der Waals surface area contributed by atoms with Crippen LogP contribution in [0.15, 0.2) is 54.9 Å². The van der Waals surface area contributed by atoms with Gasteiger partial charge in [0.15, 0.2) is 17.5 Å². The van der Waals surface area contributed by atoms with Crippen molar-refractivity contribution < 1.29 is 22.7 Å². The molecule has 0 aliphatic carbocycles. The third-order valence-corrected chi connectivity index (χ3v) is 5.54. The summed E-state index contributed by atoms with van der Waals surface area (Å²) in [5.41, 5.74) is 1.61. The SMILES string of the molecule is O=C(Nc1cccc(CN2CCOCC2)n1)c1cccn2cc(-c3cc(F)c(F)c(F)c3)nc12. The van der Waals surface area contributed by atoms with E-state index in [4.69, 9.17) is 4.74 Å². The Kier molecular flexibility index (Phi) is 5.99. The summed E-state index contributed by atoms with van der Waals surface area (Å²) in [6.07, 6.45) is 3.17. The van der Waals surface area contributed by atoms with Crippen LogP contribution in [0.3, 0.4) is 0 Å². The fraction of sp³-hybridized carbons (Fsp3) is 0.208. The predicted molar refractivity (Wildman–Crippen MR) is 119 cm³/mol. The summed E-state index contributed by atoms with van der Waals surface area (Å²) in [5, 5.41) is 2.79. The van der Waals surface area contributed by atoms with Crippen molar-refractivity contribution in [1.29, 1.82) is 0 Å². The first-order valence-electron chi connectivity index (χ1n) is 10.7. The molecule has 0 spiro atoms. The predicted octanol–water partition coefficient (Wildman–Crippen LogP) is 3.90. The van der Waals surface area contributed by atoms with Crippen molar-refractivity contribution in [2.24, 2.45) is 0 Å². The topological polar surface area (TPSA) is 71.8 Å². The van der Waals surface area contributed by atoms with E-state index in [0.29, 0.717) is 25.6 Å². The number of imidazole rings is 1. The van der Waals surface area contributed by atoms with E-state index in [1.807, 2.05) is 12.1 Å². The van der Waals surface area contributed by atoms with Gasteiger partial charge in [0.1, 0.15) is 11.5 Å². The zero-order chi connectivity index (χ0) is 23.7. The van der Waals surface area contributed by atoms with E-state index >= 15 is 0 Å². The normalized spacial score (nSPS) is 14.4. The molecular weight excluding hydrogens is 447 g/mol. The zero-order valence-electron chi connectivity index (χ0n) is 18.0. The highest BCUT2D eigenvalue weighted by atomic mass is 19.2. The standard InChI is InChI=1S/C24H20F3N5O2/c25-18-11-15(12-19(26)22(18)27)20-14-32-6-2-4-17(23(32)29-20)24(33)30-21-5-1-3-16(28-21)13-31-7-9-34-10-8-31/h1-6,11-12,14H,7-10,13H2,(H,28,30,33). The van der Waals surface area contributed by atoms with E-state index in [9.17, 15) is 18.0 Å². The number of nitrogens with one attached hydrogen (secondary N) is 1. The fourth-order valence-corrected chi connectivity index (χ4v) is 3.84. The van der Waals surface area contributed by atoms with Gasteiger partial charge in [-0.25, -0.2) is 23.1 Å². The average molecular weight is 467 g/mol. The molecule has 3 aromatic heterocycles. The van der Waals surface area contributed by atoms with E-state index in [1.54, 1.807) is 28.8 Å². The number of ether oxygens (including phenoxy) is 1. The molecule has 0 radical (unpaired) electrons. The summed E-state index contributed by atoms with van der Waals surface area (Å²) < 4.78 is 47.6. The minimum atomic E-state index is -1.55. The fourth-order valence-electron chi connectivity index (χ4n) is 3.84. The van der Waals surface area contributed by atoms with E-state index < -0.39 is 23.4 Å². The van der Waals surface area contributed by atoms with Crippen molar-refractivity contribution in [3.8, 4) is 11.3 Å². The molecule has 174 valence electrons. The second-order valence-corrected chi connectivity index (χ2v) is 7.89. The molecule has 1 fully saturated rings. The van der Waals surface area contributed by atoms with Crippen LogP contribution in [0.4, 0.5) is 19.0 Å². The summed E-state index contributed by atoms with van der Waals surface area (Å²) in [5.74, 6) is -4.21. The van der Waals surface area contributed by atoms with Gasteiger partial charge in [-0.3, -0.25) is 9.69 Å². The molecule has 1 aliphatic heterocycles. The van der Waals surface area contributed by atoms with Gasteiger partial charge < -0.3 is 14.5 Å². The Bertz CT molecular complexity index is 1340. The van der Waals surface area contributed by atoms with Crippen LogP contribution in [0.25, 0.3) is 16.9 Å². The third-order valence-electron chi connectivity index (χ3n) is 5.54. The highest BCUT2D eigenvalue weighted by Crippen LogP contribution is 2.25. The van der Waals surface area contributed by atoms with Crippen molar-refractivity contribution in [1.82, 2.24) is 19.3 Å². The number of carbonyl (C=O) groups is 1. The molecule has 0 saturated carbocycles. The van der Waals surface area contributed by atoms with Crippen molar-refractivity contribution in [2.45, 2.75) is 6.54 Å².